The fraction of sp³-hybridized carbons (Fsp3) is 0.314. The largest absolute Gasteiger partial charge is 0.497 e. The van der Waals surface area contributed by atoms with E-state index in [1.807, 2.05) is 81.4 Å². The number of rotatable bonds is 9. The van der Waals surface area contributed by atoms with E-state index in [1.54, 1.807) is 42.7 Å². The van der Waals surface area contributed by atoms with Gasteiger partial charge in [0.15, 0.2) is 7.14 Å². The van der Waals surface area contributed by atoms with Crippen LogP contribution in [0.1, 0.15) is 20.8 Å². The molecule has 0 N–H and O–H groups in total. The van der Waals surface area contributed by atoms with E-state index in [4.69, 9.17) is 33.2 Å². The standard InChI is InChI=1S/C35H39O8P/c1-35(2,3)44(36)20-43-30-12-10-11-27(34(30)44)31-32(41-8)28(21-13-23(37-4)17-24(14-21)38-5)19-29(33(31)42-9)22-15-25(39-6)18-26(16-22)40-7/h10-19H,20H2,1-9H3/t44-/m0/s1. The summed E-state index contributed by atoms with van der Waals surface area (Å²) >= 11 is 0. The first-order chi connectivity index (χ1) is 21.0. The quantitative estimate of drug-likeness (QED) is 0.175. The van der Waals surface area contributed by atoms with Gasteiger partial charge in [0.1, 0.15) is 46.6 Å². The summed E-state index contributed by atoms with van der Waals surface area (Å²) < 4.78 is 55.8. The molecule has 0 spiro atoms. The van der Waals surface area contributed by atoms with Gasteiger partial charge in [0.05, 0.1) is 53.5 Å². The third kappa shape index (κ3) is 5.22. The van der Waals surface area contributed by atoms with Gasteiger partial charge in [-0.3, -0.25) is 0 Å². The van der Waals surface area contributed by atoms with Gasteiger partial charge < -0.3 is 37.7 Å². The van der Waals surface area contributed by atoms with E-state index < -0.39 is 12.3 Å². The van der Waals surface area contributed by atoms with Crippen molar-refractivity contribution in [2.24, 2.45) is 0 Å². The van der Waals surface area contributed by atoms with Crippen molar-refractivity contribution in [3.63, 3.8) is 0 Å². The summed E-state index contributed by atoms with van der Waals surface area (Å²) in [7, 11) is 6.64. The van der Waals surface area contributed by atoms with E-state index in [0.29, 0.717) is 51.1 Å². The average molecular weight is 619 g/mol. The summed E-state index contributed by atoms with van der Waals surface area (Å²) in [4.78, 5) is 0. The molecule has 0 saturated carbocycles. The first-order valence-corrected chi connectivity index (χ1v) is 16.0. The molecular weight excluding hydrogens is 579 g/mol. The Bertz CT molecular complexity index is 1630. The molecular formula is C35H39O8P. The van der Waals surface area contributed by atoms with Crippen molar-refractivity contribution in [2.75, 3.05) is 49.0 Å². The summed E-state index contributed by atoms with van der Waals surface area (Å²) in [5.41, 5.74) is 4.46. The Morgan fingerprint density at radius 3 is 1.45 bits per heavy atom. The van der Waals surface area contributed by atoms with E-state index in [2.05, 4.69) is 0 Å². The molecule has 4 aromatic rings. The van der Waals surface area contributed by atoms with Crippen LogP contribution in [0.15, 0.2) is 60.7 Å². The van der Waals surface area contributed by atoms with E-state index in [-0.39, 0.29) is 6.35 Å². The van der Waals surface area contributed by atoms with Gasteiger partial charge in [-0.15, -0.1) is 0 Å². The van der Waals surface area contributed by atoms with Gasteiger partial charge in [-0.25, -0.2) is 0 Å². The molecule has 9 heteroatoms. The van der Waals surface area contributed by atoms with Crippen LogP contribution in [0.25, 0.3) is 33.4 Å². The summed E-state index contributed by atoms with van der Waals surface area (Å²) in [6.07, 6.45) is 0.125. The highest BCUT2D eigenvalue weighted by atomic mass is 31.2. The zero-order valence-corrected chi connectivity index (χ0v) is 27.6. The topological polar surface area (TPSA) is 81.7 Å². The lowest BCUT2D eigenvalue weighted by molar-refractivity contribution is 0.389. The van der Waals surface area contributed by atoms with Gasteiger partial charge in [-0.05, 0) is 47.5 Å². The minimum Gasteiger partial charge on any atom is -0.497 e. The molecule has 0 radical (unpaired) electrons. The van der Waals surface area contributed by atoms with Gasteiger partial charge in [-0.2, -0.15) is 0 Å². The number of fused-ring (bicyclic) bond motifs is 1. The van der Waals surface area contributed by atoms with Gasteiger partial charge in [0.25, 0.3) is 0 Å². The summed E-state index contributed by atoms with van der Waals surface area (Å²) in [6.45, 7) is 5.97. The predicted molar refractivity (Wildman–Crippen MR) is 175 cm³/mol. The third-order valence-electron chi connectivity index (χ3n) is 8.08. The Balaban J connectivity index is 1.97. The Hall–Kier alpha value is -4.29. The monoisotopic (exact) mass is 618 g/mol. The molecule has 0 bridgehead atoms. The van der Waals surface area contributed by atoms with Crippen molar-refractivity contribution >= 4 is 12.4 Å². The molecule has 1 aliphatic rings. The molecule has 4 aromatic carbocycles. The van der Waals surface area contributed by atoms with Crippen LogP contribution in [0.4, 0.5) is 0 Å². The Kier molecular flexibility index (Phi) is 8.50. The molecule has 0 fully saturated rings. The Morgan fingerprint density at radius 2 is 1.07 bits per heavy atom. The highest BCUT2D eigenvalue weighted by Crippen LogP contribution is 2.64. The van der Waals surface area contributed by atoms with Crippen LogP contribution >= 0.6 is 7.14 Å². The zero-order valence-electron chi connectivity index (χ0n) is 26.7. The van der Waals surface area contributed by atoms with E-state index in [0.717, 1.165) is 27.8 Å². The summed E-state index contributed by atoms with van der Waals surface area (Å²) in [5.74, 6) is 4.16. The molecule has 1 aliphatic heterocycles. The molecule has 8 nitrogen and oxygen atoms in total. The van der Waals surface area contributed by atoms with Crippen LogP contribution in [0, 0.1) is 0 Å². The fourth-order valence-electron chi connectivity index (χ4n) is 5.64. The van der Waals surface area contributed by atoms with Crippen molar-refractivity contribution in [3.05, 3.63) is 60.7 Å². The second-order valence-corrected chi connectivity index (χ2v) is 15.0. The lowest BCUT2D eigenvalue weighted by Gasteiger charge is -2.29. The molecule has 0 saturated heterocycles. The highest BCUT2D eigenvalue weighted by Gasteiger charge is 2.47. The molecule has 1 atom stereocenters. The first kappa shape index (κ1) is 31.1. The van der Waals surface area contributed by atoms with Gasteiger partial charge >= 0.3 is 0 Å². The minimum atomic E-state index is -3.05. The molecule has 5 rings (SSSR count). The highest BCUT2D eigenvalue weighted by molar-refractivity contribution is 7.73. The van der Waals surface area contributed by atoms with E-state index >= 15 is 0 Å². The second kappa shape index (κ2) is 12.0. The normalized spacial score (nSPS) is 15.7. The van der Waals surface area contributed by atoms with Crippen molar-refractivity contribution < 1.29 is 37.7 Å². The number of hydrogen-bond donors (Lipinski definition) is 0. The zero-order chi connectivity index (χ0) is 31.8. The maximum Gasteiger partial charge on any atom is 0.160 e. The smallest absolute Gasteiger partial charge is 0.160 e. The fourth-order valence-corrected chi connectivity index (χ4v) is 8.22. The maximum absolute atomic E-state index is 14.8. The van der Waals surface area contributed by atoms with Crippen LogP contribution in [-0.2, 0) is 4.57 Å². The van der Waals surface area contributed by atoms with Crippen LogP contribution in [-0.4, -0.2) is 54.2 Å². The van der Waals surface area contributed by atoms with Gasteiger partial charge in [-0.1, -0.05) is 32.9 Å². The molecule has 0 amide bonds. The first-order valence-electron chi connectivity index (χ1n) is 14.1. The van der Waals surface area contributed by atoms with Crippen molar-refractivity contribution in [2.45, 2.75) is 25.9 Å². The molecule has 44 heavy (non-hydrogen) atoms. The number of hydrogen-bond acceptors (Lipinski definition) is 8. The van der Waals surface area contributed by atoms with Crippen molar-refractivity contribution in [3.8, 4) is 73.6 Å². The summed E-state index contributed by atoms with van der Waals surface area (Å²) in [6, 6.07) is 19.1. The van der Waals surface area contributed by atoms with Gasteiger partial charge in [0.2, 0.25) is 0 Å². The molecule has 0 aliphatic carbocycles. The third-order valence-corrected chi connectivity index (χ3v) is 11.9. The van der Waals surface area contributed by atoms with Crippen molar-refractivity contribution in [1.82, 2.24) is 0 Å². The van der Waals surface area contributed by atoms with Gasteiger partial charge in [0, 0.05) is 34.0 Å². The lowest BCUT2D eigenvalue weighted by atomic mass is 9.90. The van der Waals surface area contributed by atoms with Crippen molar-refractivity contribution in [1.29, 1.82) is 0 Å². The Morgan fingerprint density at radius 1 is 0.614 bits per heavy atom. The van der Waals surface area contributed by atoms with Crippen LogP contribution in [0.5, 0.6) is 40.2 Å². The lowest BCUT2D eigenvalue weighted by Crippen LogP contribution is -2.23. The van der Waals surface area contributed by atoms with E-state index in [9.17, 15) is 4.57 Å². The van der Waals surface area contributed by atoms with Crippen LogP contribution in [0.3, 0.4) is 0 Å². The average Bonchev–Trinajstić information content (AvgIpc) is 3.41. The predicted octanol–water partition coefficient (Wildman–Crippen LogP) is 7.88. The number of ether oxygens (including phenoxy) is 7. The van der Waals surface area contributed by atoms with Crippen LogP contribution < -0.4 is 38.5 Å². The van der Waals surface area contributed by atoms with Crippen LogP contribution in [0.2, 0.25) is 0 Å². The molecule has 1 heterocycles. The van der Waals surface area contributed by atoms with E-state index in [1.165, 1.54) is 0 Å². The summed E-state index contributed by atoms with van der Waals surface area (Å²) in [5, 5.41) is 0.133. The Labute approximate surface area is 259 Å². The minimum absolute atomic E-state index is 0.125. The molecule has 0 aromatic heterocycles. The number of methoxy groups -OCH3 is 6. The molecule has 232 valence electrons. The molecule has 0 unspecified atom stereocenters. The number of benzene rings is 4. The second-order valence-electron chi connectivity index (χ2n) is 11.5. The SMILES string of the molecule is COc1cc(OC)cc(-c2cc(-c3cc(OC)cc(OC)c3)c(OC)c(-c3cccc4c3[P@](=O)(C(C)(C)C)CO4)c2OC)c1. The maximum atomic E-state index is 14.8.